The number of nitrogens with one attached hydrogen (secondary N) is 1. The summed E-state index contributed by atoms with van der Waals surface area (Å²) in [4.78, 5) is 4.77. The minimum absolute atomic E-state index is 0.108. The molecule has 6 rings (SSSR count). The molecule has 230 valence electrons. The van der Waals surface area contributed by atoms with Crippen LogP contribution in [0.5, 0.6) is 17.2 Å². The van der Waals surface area contributed by atoms with Crippen LogP contribution in [-0.4, -0.2) is 78.9 Å². The first-order valence-corrected chi connectivity index (χ1v) is 15.7. The van der Waals surface area contributed by atoms with E-state index in [1.807, 2.05) is 12.1 Å². The molecule has 2 saturated heterocycles. The molecule has 0 amide bonds. The second-order valence-electron chi connectivity index (χ2n) is 11.7. The minimum Gasteiger partial charge on any atom is -0.497 e. The Labute approximate surface area is 255 Å². The third-order valence-corrected chi connectivity index (χ3v) is 8.82. The predicted molar refractivity (Wildman–Crippen MR) is 170 cm³/mol. The third-order valence-electron chi connectivity index (χ3n) is 8.82. The zero-order valence-corrected chi connectivity index (χ0v) is 25.5. The summed E-state index contributed by atoms with van der Waals surface area (Å²) >= 11 is 0. The average molecular weight is 588 g/mol. The fourth-order valence-corrected chi connectivity index (χ4v) is 6.48. The number of hydrogen-bond donors (Lipinski definition) is 1. The van der Waals surface area contributed by atoms with Crippen LogP contribution in [0.25, 0.3) is 0 Å². The number of anilines is 2. The van der Waals surface area contributed by atoms with Crippen LogP contribution in [0.3, 0.4) is 0 Å². The highest BCUT2D eigenvalue weighted by Gasteiger charge is 2.28. The van der Waals surface area contributed by atoms with Gasteiger partial charge in [-0.3, -0.25) is 0 Å². The lowest BCUT2D eigenvalue weighted by atomic mass is 9.87. The van der Waals surface area contributed by atoms with Gasteiger partial charge in [-0.1, -0.05) is 24.3 Å². The molecule has 8 heteroatoms. The van der Waals surface area contributed by atoms with Gasteiger partial charge in [0.15, 0.2) is 0 Å². The van der Waals surface area contributed by atoms with Crippen LogP contribution in [0.4, 0.5) is 11.4 Å². The van der Waals surface area contributed by atoms with E-state index in [1.165, 1.54) is 16.8 Å². The van der Waals surface area contributed by atoms with Crippen molar-refractivity contribution in [1.82, 2.24) is 5.32 Å². The molecule has 0 bridgehead atoms. The lowest BCUT2D eigenvalue weighted by Gasteiger charge is -2.33. The Balaban J connectivity index is 1.04. The van der Waals surface area contributed by atoms with Crippen molar-refractivity contribution in [3.8, 4) is 17.2 Å². The number of rotatable bonds is 12. The molecule has 3 atom stereocenters. The summed E-state index contributed by atoms with van der Waals surface area (Å²) in [5.74, 6) is 3.11. The Kier molecular flexibility index (Phi) is 9.87. The second-order valence-corrected chi connectivity index (χ2v) is 11.7. The Hall–Kier alpha value is -3.46. The first-order chi connectivity index (χ1) is 21.2. The van der Waals surface area contributed by atoms with Gasteiger partial charge in [0.2, 0.25) is 0 Å². The molecule has 3 aliphatic heterocycles. The first-order valence-electron chi connectivity index (χ1n) is 15.7. The molecule has 0 spiro atoms. The Morgan fingerprint density at radius 3 is 2.72 bits per heavy atom. The van der Waals surface area contributed by atoms with E-state index in [4.69, 9.17) is 23.7 Å². The molecular weight excluding hydrogens is 542 g/mol. The average Bonchev–Trinajstić information content (AvgIpc) is 3.53. The summed E-state index contributed by atoms with van der Waals surface area (Å²) in [6.07, 6.45) is 3.33. The standard InChI is InChI=1S/C35H45N3O5/c1-39-19-4-16-37-18-20-41-34-12-7-26(21-33(34)37)25-42-35-23-36-15-13-32(35)27-8-10-29(11-9-27)43-31-14-17-38(24-31)28-5-3-6-30(22-28)40-2/h3,5-12,21-22,31-32,35-36H,4,13-20,23-25H2,1-2H3/t31-,32?,35?/m0/s1. The van der Waals surface area contributed by atoms with Crippen molar-refractivity contribution in [3.63, 3.8) is 0 Å². The molecule has 3 aliphatic rings. The molecule has 3 aromatic rings. The molecule has 1 N–H and O–H groups in total. The van der Waals surface area contributed by atoms with E-state index in [0.29, 0.717) is 12.5 Å². The van der Waals surface area contributed by atoms with Gasteiger partial charge < -0.3 is 38.8 Å². The molecular formula is C35H45N3O5. The Morgan fingerprint density at radius 2 is 1.86 bits per heavy atom. The lowest BCUT2D eigenvalue weighted by Crippen LogP contribution is -2.41. The molecule has 0 aromatic heterocycles. The summed E-state index contributed by atoms with van der Waals surface area (Å²) in [6, 6.07) is 23.4. The van der Waals surface area contributed by atoms with E-state index >= 15 is 0 Å². The largest absolute Gasteiger partial charge is 0.497 e. The van der Waals surface area contributed by atoms with Crippen molar-refractivity contribution in [2.75, 3.05) is 76.5 Å². The van der Waals surface area contributed by atoms with Crippen LogP contribution < -0.4 is 29.3 Å². The molecule has 2 fully saturated rings. The number of methoxy groups -OCH3 is 2. The van der Waals surface area contributed by atoms with Gasteiger partial charge in [-0.05, 0) is 66.9 Å². The Morgan fingerprint density at radius 1 is 0.953 bits per heavy atom. The smallest absolute Gasteiger partial charge is 0.142 e. The quantitative estimate of drug-likeness (QED) is 0.289. The highest BCUT2D eigenvalue weighted by Crippen LogP contribution is 2.34. The van der Waals surface area contributed by atoms with E-state index in [2.05, 4.69) is 69.7 Å². The molecule has 3 aromatic carbocycles. The molecule has 2 unspecified atom stereocenters. The van der Waals surface area contributed by atoms with Crippen molar-refractivity contribution >= 4 is 11.4 Å². The van der Waals surface area contributed by atoms with E-state index in [0.717, 1.165) is 94.7 Å². The van der Waals surface area contributed by atoms with Crippen molar-refractivity contribution < 1.29 is 23.7 Å². The van der Waals surface area contributed by atoms with Crippen LogP contribution in [0.2, 0.25) is 0 Å². The summed E-state index contributed by atoms with van der Waals surface area (Å²) < 4.78 is 29.6. The normalized spacial score (nSPS) is 21.8. The van der Waals surface area contributed by atoms with Crippen molar-refractivity contribution in [2.45, 2.75) is 44.0 Å². The number of ether oxygens (including phenoxy) is 5. The van der Waals surface area contributed by atoms with Gasteiger partial charge in [0.25, 0.3) is 0 Å². The molecule has 0 saturated carbocycles. The molecule has 0 radical (unpaired) electrons. The monoisotopic (exact) mass is 587 g/mol. The van der Waals surface area contributed by atoms with Crippen molar-refractivity contribution in [3.05, 3.63) is 77.9 Å². The molecule has 0 aliphatic carbocycles. The van der Waals surface area contributed by atoms with Crippen LogP contribution in [0, 0.1) is 0 Å². The number of hydrogen-bond acceptors (Lipinski definition) is 8. The van der Waals surface area contributed by atoms with E-state index in [9.17, 15) is 0 Å². The molecule has 8 nitrogen and oxygen atoms in total. The fraction of sp³-hybridized carbons (Fsp3) is 0.486. The number of piperidine rings is 1. The third kappa shape index (κ3) is 7.37. The maximum atomic E-state index is 6.58. The van der Waals surface area contributed by atoms with Gasteiger partial charge in [-0.25, -0.2) is 0 Å². The SMILES string of the molecule is COCCCN1CCOc2ccc(COC3CNCCC3c3ccc(O[C@H]4CCN(c5cccc(OC)c5)C4)cc3)cc21. The predicted octanol–water partition coefficient (Wildman–Crippen LogP) is 5.25. The molecule has 43 heavy (non-hydrogen) atoms. The van der Waals surface area contributed by atoms with Crippen LogP contribution >= 0.6 is 0 Å². The zero-order chi connectivity index (χ0) is 29.4. The van der Waals surface area contributed by atoms with Crippen LogP contribution in [0.15, 0.2) is 66.7 Å². The van der Waals surface area contributed by atoms with Crippen molar-refractivity contribution in [2.24, 2.45) is 0 Å². The zero-order valence-electron chi connectivity index (χ0n) is 25.5. The first kappa shape index (κ1) is 29.6. The highest BCUT2D eigenvalue weighted by molar-refractivity contribution is 5.61. The number of nitrogens with zero attached hydrogens (tertiary/aromatic N) is 2. The summed E-state index contributed by atoms with van der Waals surface area (Å²) in [5, 5.41) is 3.54. The number of benzene rings is 3. The van der Waals surface area contributed by atoms with Gasteiger partial charge in [-0.2, -0.15) is 0 Å². The summed E-state index contributed by atoms with van der Waals surface area (Å²) in [5.41, 5.74) is 4.83. The van der Waals surface area contributed by atoms with Crippen molar-refractivity contribution in [1.29, 1.82) is 0 Å². The second kappa shape index (κ2) is 14.3. The van der Waals surface area contributed by atoms with E-state index < -0.39 is 0 Å². The van der Waals surface area contributed by atoms with Gasteiger partial charge in [0.1, 0.15) is 30.0 Å². The summed E-state index contributed by atoms with van der Waals surface area (Å²) in [6.45, 7) is 7.63. The van der Waals surface area contributed by atoms with E-state index in [1.54, 1.807) is 14.2 Å². The van der Waals surface area contributed by atoms with Gasteiger partial charge in [-0.15, -0.1) is 0 Å². The van der Waals surface area contributed by atoms with Crippen LogP contribution in [0.1, 0.15) is 36.3 Å². The lowest BCUT2D eigenvalue weighted by molar-refractivity contribution is 0.0106. The van der Waals surface area contributed by atoms with E-state index in [-0.39, 0.29) is 12.2 Å². The van der Waals surface area contributed by atoms with Gasteiger partial charge in [0.05, 0.1) is 38.6 Å². The van der Waals surface area contributed by atoms with Gasteiger partial charge >= 0.3 is 0 Å². The Bertz CT molecular complexity index is 1320. The topological polar surface area (TPSA) is 64.7 Å². The maximum Gasteiger partial charge on any atom is 0.142 e. The fourth-order valence-electron chi connectivity index (χ4n) is 6.48. The van der Waals surface area contributed by atoms with Crippen LogP contribution in [-0.2, 0) is 16.1 Å². The highest BCUT2D eigenvalue weighted by atomic mass is 16.5. The molecule has 3 heterocycles. The van der Waals surface area contributed by atoms with Gasteiger partial charge in [0, 0.05) is 57.4 Å². The number of fused-ring (bicyclic) bond motifs is 1. The maximum absolute atomic E-state index is 6.58. The summed E-state index contributed by atoms with van der Waals surface area (Å²) in [7, 11) is 3.47. The minimum atomic E-state index is 0.108.